The van der Waals surface area contributed by atoms with Gasteiger partial charge >= 0.3 is 5.97 Å². The van der Waals surface area contributed by atoms with Crippen molar-refractivity contribution in [1.82, 2.24) is 4.98 Å². The SMILES string of the molecule is CCOC(=O)c1sc(NC(=O)CCS(=O)(=O)Cc2ccccc2)nc1C. The lowest BCUT2D eigenvalue weighted by atomic mass is 10.2. The third-order valence-electron chi connectivity index (χ3n) is 3.37. The monoisotopic (exact) mass is 396 g/mol. The predicted molar refractivity (Wildman–Crippen MR) is 100.0 cm³/mol. The summed E-state index contributed by atoms with van der Waals surface area (Å²) >= 11 is 1.00. The average molecular weight is 396 g/mol. The average Bonchev–Trinajstić information content (AvgIpc) is 2.94. The maximum absolute atomic E-state index is 12.1. The molecule has 0 saturated carbocycles. The van der Waals surface area contributed by atoms with Crippen molar-refractivity contribution in [3.8, 4) is 0 Å². The molecular weight excluding hydrogens is 376 g/mol. The molecule has 140 valence electrons. The van der Waals surface area contributed by atoms with Gasteiger partial charge in [-0.15, -0.1) is 0 Å². The summed E-state index contributed by atoms with van der Waals surface area (Å²) in [4.78, 5) is 28.2. The topological polar surface area (TPSA) is 102 Å². The molecule has 0 atom stereocenters. The Morgan fingerprint density at radius 1 is 1.23 bits per heavy atom. The van der Waals surface area contributed by atoms with E-state index in [0.29, 0.717) is 16.1 Å². The van der Waals surface area contributed by atoms with Crippen LogP contribution < -0.4 is 5.32 Å². The number of nitrogens with zero attached hydrogens (tertiary/aromatic N) is 1. The molecule has 2 aromatic rings. The molecular formula is C17H20N2O5S2. The Kier molecular flexibility index (Phi) is 6.87. The zero-order valence-electron chi connectivity index (χ0n) is 14.5. The van der Waals surface area contributed by atoms with Crippen LogP contribution in [-0.4, -0.2) is 37.6 Å². The van der Waals surface area contributed by atoms with Crippen LogP contribution >= 0.6 is 11.3 Å². The number of esters is 1. The number of rotatable bonds is 8. The van der Waals surface area contributed by atoms with Crippen molar-refractivity contribution in [2.75, 3.05) is 17.7 Å². The van der Waals surface area contributed by atoms with Crippen molar-refractivity contribution in [3.05, 3.63) is 46.5 Å². The van der Waals surface area contributed by atoms with Crippen LogP contribution in [0.1, 0.15) is 34.3 Å². The third-order valence-corrected chi connectivity index (χ3v) is 6.03. The molecule has 0 aliphatic carbocycles. The van der Waals surface area contributed by atoms with E-state index in [4.69, 9.17) is 4.74 Å². The fourth-order valence-corrected chi connectivity index (χ4v) is 4.38. The van der Waals surface area contributed by atoms with E-state index in [-0.39, 0.29) is 29.7 Å². The maximum atomic E-state index is 12.1. The Morgan fingerprint density at radius 3 is 2.58 bits per heavy atom. The molecule has 26 heavy (non-hydrogen) atoms. The number of benzene rings is 1. The van der Waals surface area contributed by atoms with Gasteiger partial charge in [-0.25, -0.2) is 18.2 Å². The lowest BCUT2D eigenvalue weighted by Crippen LogP contribution is -2.18. The number of amides is 1. The molecule has 0 saturated heterocycles. The summed E-state index contributed by atoms with van der Waals surface area (Å²) in [6.45, 7) is 3.59. The molecule has 9 heteroatoms. The first-order chi connectivity index (χ1) is 12.3. The van der Waals surface area contributed by atoms with Crippen molar-refractivity contribution >= 4 is 38.2 Å². The largest absolute Gasteiger partial charge is 0.462 e. The van der Waals surface area contributed by atoms with E-state index in [1.54, 1.807) is 38.1 Å². The van der Waals surface area contributed by atoms with Gasteiger partial charge in [0.1, 0.15) is 4.88 Å². The maximum Gasteiger partial charge on any atom is 0.350 e. The van der Waals surface area contributed by atoms with Crippen molar-refractivity contribution in [1.29, 1.82) is 0 Å². The molecule has 1 heterocycles. The smallest absolute Gasteiger partial charge is 0.350 e. The molecule has 1 N–H and O–H groups in total. The molecule has 0 unspecified atom stereocenters. The molecule has 0 fully saturated rings. The van der Waals surface area contributed by atoms with Crippen LogP contribution in [0.5, 0.6) is 0 Å². The van der Waals surface area contributed by atoms with Gasteiger partial charge in [0.2, 0.25) is 5.91 Å². The van der Waals surface area contributed by atoms with Gasteiger partial charge in [0, 0.05) is 6.42 Å². The van der Waals surface area contributed by atoms with Crippen LogP contribution in [0, 0.1) is 6.92 Å². The van der Waals surface area contributed by atoms with Crippen molar-refractivity contribution < 1.29 is 22.7 Å². The minimum atomic E-state index is -3.40. The van der Waals surface area contributed by atoms with Crippen molar-refractivity contribution in [2.45, 2.75) is 26.0 Å². The normalized spacial score (nSPS) is 11.2. The number of thiazole rings is 1. The van der Waals surface area contributed by atoms with Crippen molar-refractivity contribution in [3.63, 3.8) is 0 Å². The van der Waals surface area contributed by atoms with Gasteiger partial charge in [0.15, 0.2) is 15.0 Å². The molecule has 0 bridgehead atoms. The predicted octanol–water partition coefficient (Wildman–Crippen LogP) is 2.57. The summed E-state index contributed by atoms with van der Waals surface area (Å²) in [5.41, 5.74) is 1.14. The van der Waals surface area contributed by atoms with Gasteiger partial charge in [0.05, 0.1) is 23.8 Å². The number of nitrogens with one attached hydrogen (secondary N) is 1. The minimum Gasteiger partial charge on any atom is -0.462 e. The second kappa shape index (κ2) is 8.91. The number of carbonyl (C=O) groups is 2. The summed E-state index contributed by atoms with van der Waals surface area (Å²) in [5.74, 6) is -1.33. The standard InChI is InChI=1S/C17H20N2O5S2/c1-3-24-16(21)15-12(2)18-17(25-15)19-14(20)9-10-26(22,23)11-13-7-5-4-6-8-13/h4-8H,3,9-11H2,1-2H3,(H,18,19,20). The minimum absolute atomic E-state index is 0.107. The van der Waals surface area contributed by atoms with Crippen LogP contribution in [0.15, 0.2) is 30.3 Å². The third kappa shape index (κ3) is 5.92. The van der Waals surface area contributed by atoms with Gasteiger partial charge in [-0.1, -0.05) is 41.7 Å². The number of ether oxygens (including phenoxy) is 1. The molecule has 1 amide bonds. The fourth-order valence-electron chi connectivity index (χ4n) is 2.17. The van der Waals surface area contributed by atoms with Crippen LogP contribution in [0.3, 0.4) is 0 Å². The number of aromatic nitrogens is 1. The first-order valence-electron chi connectivity index (χ1n) is 7.99. The number of carbonyl (C=O) groups excluding carboxylic acids is 2. The highest BCUT2D eigenvalue weighted by molar-refractivity contribution is 7.90. The van der Waals surface area contributed by atoms with Crippen LogP contribution in [-0.2, 0) is 25.1 Å². The molecule has 1 aromatic carbocycles. The zero-order valence-corrected chi connectivity index (χ0v) is 16.2. The highest BCUT2D eigenvalue weighted by atomic mass is 32.2. The van der Waals surface area contributed by atoms with Gasteiger partial charge in [0.25, 0.3) is 0 Å². The summed E-state index contributed by atoms with van der Waals surface area (Å²) in [6, 6.07) is 8.80. The fraction of sp³-hybridized carbons (Fsp3) is 0.353. The van der Waals surface area contributed by atoms with Crippen LogP contribution in [0.4, 0.5) is 5.13 Å². The summed E-state index contributed by atoms with van der Waals surface area (Å²) < 4.78 is 29.2. The molecule has 0 aliphatic rings. The number of aryl methyl sites for hydroxylation is 1. The number of sulfone groups is 1. The van der Waals surface area contributed by atoms with Gasteiger partial charge in [-0.3, -0.25) is 4.79 Å². The van der Waals surface area contributed by atoms with E-state index in [1.807, 2.05) is 6.07 Å². The Labute approximate surface area is 156 Å². The van der Waals surface area contributed by atoms with Crippen LogP contribution in [0.25, 0.3) is 0 Å². The number of hydrogen-bond donors (Lipinski definition) is 1. The lowest BCUT2D eigenvalue weighted by Gasteiger charge is -2.05. The quantitative estimate of drug-likeness (QED) is 0.688. The second-order valence-corrected chi connectivity index (χ2v) is 8.71. The Bertz CT molecular complexity index is 876. The first kappa shape index (κ1) is 20.1. The summed E-state index contributed by atoms with van der Waals surface area (Å²) in [5, 5.41) is 2.78. The molecule has 0 radical (unpaired) electrons. The summed E-state index contributed by atoms with van der Waals surface area (Å²) in [7, 11) is -3.40. The molecule has 2 rings (SSSR count). The van der Waals surface area contributed by atoms with Crippen LogP contribution in [0.2, 0.25) is 0 Å². The molecule has 1 aromatic heterocycles. The Morgan fingerprint density at radius 2 is 1.92 bits per heavy atom. The van der Waals surface area contributed by atoms with Gasteiger partial charge < -0.3 is 10.1 Å². The second-order valence-electron chi connectivity index (χ2n) is 5.53. The Balaban J connectivity index is 1.91. The molecule has 0 spiro atoms. The first-order valence-corrected chi connectivity index (χ1v) is 10.6. The van der Waals surface area contributed by atoms with E-state index >= 15 is 0 Å². The molecule has 0 aliphatic heterocycles. The van der Waals surface area contributed by atoms with E-state index in [9.17, 15) is 18.0 Å². The summed E-state index contributed by atoms with van der Waals surface area (Å²) in [6.07, 6.45) is -0.178. The highest BCUT2D eigenvalue weighted by Crippen LogP contribution is 2.23. The van der Waals surface area contributed by atoms with Crippen molar-refractivity contribution in [2.24, 2.45) is 0 Å². The van der Waals surface area contributed by atoms with E-state index in [2.05, 4.69) is 10.3 Å². The van der Waals surface area contributed by atoms with Gasteiger partial charge in [-0.05, 0) is 19.4 Å². The molecule has 7 nitrogen and oxygen atoms in total. The van der Waals surface area contributed by atoms with E-state index < -0.39 is 21.7 Å². The highest BCUT2D eigenvalue weighted by Gasteiger charge is 2.19. The Hall–Kier alpha value is -2.26. The zero-order chi connectivity index (χ0) is 19.2. The number of anilines is 1. The van der Waals surface area contributed by atoms with Gasteiger partial charge in [-0.2, -0.15) is 0 Å². The van der Waals surface area contributed by atoms with E-state index in [0.717, 1.165) is 11.3 Å². The lowest BCUT2D eigenvalue weighted by molar-refractivity contribution is -0.115. The van der Waals surface area contributed by atoms with E-state index in [1.165, 1.54) is 0 Å². The number of hydrogen-bond acceptors (Lipinski definition) is 7.